The number of anilines is 1. The molecule has 1 N–H and O–H groups in total. The molecule has 0 bridgehead atoms. The molecular weight excluding hydrogens is 310 g/mol. The average molecular weight is 318 g/mol. The molecule has 0 unspecified atom stereocenters. The van der Waals surface area contributed by atoms with Gasteiger partial charge in [-0.05, 0) is 29.8 Å². The van der Waals surface area contributed by atoms with Gasteiger partial charge in [-0.1, -0.05) is 17.4 Å². The first-order valence-electron chi connectivity index (χ1n) is 4.97. The highest BCUT2D eigenvalue weighted by Gasteiger charge is 2.13. The summed E-state index contributed by atoms with van der Waals surface area (Å²) < 4.78 is 22.9. The highest BCUT2D eigenvalue weighted by molar-refractivity contribution is 7.90. The molecule has 0 spiro atoms. The zero-order valence-electron chi connectivity index (χ0n) is 9.62. The van der Waals surface area contributed by atoms with Crippen molar-refractivity contribution >= 4 is 44.4 Å². The van der Waals surface area contributed by atoms with Gasteiger partial charge in [-0.25, -0.2) is 8.42 Å². The zero-order valence-corrected chi connectivity index (χ0v) is 12.0. The molecule has 0 radical (unpaired) electrons. The maximum absolute atomic E-state index is 11.8. The number of nitrogens with zero attached hydrogens (tertiary/aromatic N) is 2. The fourth-order valence-corrected chi connectivity index (χ4v) is 2.68. The molecule has 1 aromatic heterocycles. The van der Waals surface area contributed by atoms with E-state index in [2.05, 4.69) is 15.5 Å². The minimum absolute atomic E-state index is 0.106. The number of halogens is 1. The van der Waals surface area contributed by atoms with Crippen LogP contribution in [0.2, 0.25) is 4.47 Å². The van der Waals surface area contributed by atoms with Gasteiger partial charge in [-0.3, -0.25) is 4.79 Å². The first-order valence-corrected chi connectivity index (χ1v) is 8.05. The van der Waals surface area contributed by atoms with Crippen LogP contribution in [0, 0.1) is 0 Å². The van der Waals surface area contributed by atoms with Gasteiger partial charge in [0.25, 0.3) is 5.91 Å². The van der Waals surface area contributed by atoms with Gasteiger partial charge in [0, 0.05) is 11.9 Å². The second-order valence-electron chi connectivity index (χ2n) is 3.61. The summed E-state index contributed by atoms with van der Waals surface area (Å²) in [7, 11) is -3.32. The van der Waals surface area contributed by atoms with E-state index in [1.807, 2.05) is 0 Å². The second kappa shape index (κ2) is 5.24. The summed E-state index contributed by atoms with van der Waals surface area (Å²) in [5, 5.41) is 9.74. The van der Waals surface area contributed by atoms with E-state index in [0.717, 1.165) is 17.6 Å². The molecule has 1 heterocycles. The quantitative estimate of drug-likeness (QED) is 0.933. The van der Waals surface area contributed by atoms with E-state index in [0.29, 0.717) is 5.69 Å². The first kappa shape index (κ1) is 13.9. The van der Waals surface area contributed by atoms with Crippen LogP contribution in [0.4, 0.5) is 5.69 Å². The van der Waals surface area contributed by atoms with Crippen LogP contribution < -0.4 is 5.32 Å². The number of hydrogen-bond donors (Lipinski definition) is 1. The van der Waals surface area contributed by atoms with E-state index < -0.39 is 15.7 Å². The van der Waals surface area contributed by atoms with Crippen molar-refractivity contribution < 1.29 is 13.2 Å². The van der Waals surface area contributed by atoms with Crippen LogP contribution >= 0.6 is 22.9 Å². The third kappa shape index (κ3) is 3.49. The fourth-order valence-electron chi connectivity index (χ4n) is 1.29. The van der Waals surface area contributed by atoms with Crippen molar-refractivity contribution in [1.29, 1.82) is 0 Å². The van der Waals surface area contributed by atoms with E-state index >= 15 is 0 Å². The molecule has 0 fully saturated rings. The molecular formula is C10H8ClN3O3S2. The molecule has 0 saturated carbocycles. The molecule has 0 aliphatic carbocycles. The van der Waals surface area contributed by atoms with E-state index in [-0.39, 0.29) is 14.4 Å². The van der Waals surface area contributed by atoms with Gasteiger partial charge in [0.15, 0.2) is 9.84 Å². The number of sulfone groups is 1. The minimum Gasteiger partial charge on any atom is -0.320 e. The van der Waals surface area contributed by atoms with Gasteiger partial charge in [0.05, 0.1) is 4.90 Å². The molecule has 19 heavy (non-hydrogen) atoms. The Bertz CT molecular complexity index is 727. The molecule has 1 aromatic carbocycles. The maximum Gasteiger partial charge on any atom is 0.286 e. The van der Waals surface area contributed by atoms with Gasteiger partial charge in [0.2, 0.25) is 9.47 Å². The lowest BCUT2D eigenvalue weighted by Gasteiger charge is -2.04. The smallest absolute Gasteiger partial charge is 0.286 e. The predicted octanol–water partition coefficient (Wildman–Crippen LogP) is 1.85. The second-order valence-corrected chi connectivity index (χ2v) is 7.19. The lowest BCUT2D eigenvalue weighted by molar-refractivity contribution is 0.102. The van der Waals surface area contributed by atoms with E-state index in [9.17, 15) is 13.2 Å². The predicted molar refractivity (Wildman–Crippen MR) is 72.4 cm³/mol. The number of aromatic nitrogens is 2. The van der Waals surface area contributed by atoms with Crippen molar-refractivity contribution in [2.45, 2.75) is 4.90 Å². The van der Waals surface area contributed by atoms with Gasteiger partial charge in [0.1, 0.15) is 0 Å². The topological polar surface area (TPSA) is 89.0 Å². The molecule has 2 aromatic rings. The van der Waals surface area contributed by atoms with Crippen LogP contribution in [0.25, 0.3) is 0 Å². The van der Waals surface area contributed by atoms with E-state index in [1.54, 1.807) is 12.1 Å². The first-order chi connectivity index (χ1) is 8.86. The van der Waals surface area contributed by atoms with Crippen LogP contribution in [-0.2, 0) is 9.84 Å². The van der Waals surface area contributed by atoms with Crippen LogP contribution in [0.1, 0.15) is 9.80 Å². The molecule has 2 rings (SSSR count). The summed E-state index contributed by atoms with van der Waals surface area (Å²) >= 11 is 6.52. The Morgan fingerprint density at radius 3 is 2.68 bits per heavy atom. The molecule has 0 aliphatic heterocycles. The third-order valence-corrected chi connectivity index (χ3v) is 4.24. The van der Waals surface area contributed by atoms with Crippen LogP contribution in [0.15, 0.2) is 29.2 Å². The van der Waals surface area contributed by atoms with Crippen molar-refractivity contribution in [3.63, 3.8) is 0 Å². The van der Waals surface area contributed by atoms with Crippen LogP contribution in [0.3, 0.4) is 0 Å². The number of carbonyl (C=O) groups excluding carboxylic acids is 1. The Kier molecular flexibility index (Phi) is 3.83. The number of hydrogen-bond acceptors (Lipinski definition) is 6. The molecule has 9 heteroatoms. The van der Waals surface area contributed by atoms with Crippen molar-refractivity contribution in [1.82, 2.24) is 10.2 Å². The molecule has 1 amide bonds. The highest BCUT2D eigenvalue weighted by atomic mass is 35.5. The summed E-state index contributed by atoms with van der Waals surface area (Å²) in [5.74, 6) is -0.491. The molecule has 0 saturated heterocycles. The van der Waals surface area contributed by atoms with Crippen molar-refractivity contribution in [2.24, 2.45) is 0 Å². The fraction of sp³-hybridized carbons (Fsp3) is 0.100. The summed E-state index contributed by atoms with van der Waals surface area (Å²) in [6, 6.07) is 5.94. The molecule has 0 aliphatic rings. The SMILES string of the molecule is CS(=O)(=O)c1cccc(NC(=O)c2nnc(Cl)s2)c1. The number of amides is 1. The molecule has 100 valence electrons. The number of carbonyl (C=O) groups is 1. The van der Waals surface area contributed by atoms with Crippen molar-refractivity contribution in [3.8, 4) is 0 Å². The Labute approximate surface area is 118 Å². The van der Waals surface area contributed by atoms with Crippen LogP contribution in [-0.4, -0.2) is 30.8 Å². The Balaban J connectivity index is 2.22. The summed E-state index contributed by atoms with van der Waals surface area (Å²) in [6.45, 7) is 0. The standard InChI is InChI=1S/C10H8ClN3O3S2/c1-19(16,17)7-4-2-3-6(5-7)12-8(15)9-13-14-10(11)18-9/h2-5H,1H3,(H,12,15). The van der Waals surface area contributed by atoms with Crippen molar-refractivity contribution in [3.05, 3.63) is 33.7 Å². The number of nitrogens with one attached hydrogen (secondary N) is 1. The Morgan fingerprint density at radius 2 is 2.11 bits per heavy atom. The highest BCUT2D eigenvalue weighted by Crippen LogP contribution is 2.18. The van der Waals surface area contributed by atoms with Crippen molar-refractivity contribution in [2.75, 3.05) is 11.6 Å². The van der Waals surface area contributed by atoms with Gasteiger partial charge in [-0.2, -0.15) is 0 Å². The summed E-state index contributed by atoms with van der Waals surface area (Å²) in [5.41, 5.74) is 0.360. The monoisotopic (exact) mass is 317 g/mol. The Hall–Kier alpha value is -1.51. The Morgan fingerprint density at radius 1 is 1.37 bits per heavy atom. The summed E-state index contributed by atoms with van der Waals surface area (Å²) in [4.78, 5) is 11.9. The summed E-state index contributed by atoms with van der Waals surface area (Å²) in [6.07, 6.45) is 1.10. The third-order valence-electron chi connectivity index (χ3n) is 2.11. The molecule has 6 nitrogen and oxygen atoms in total. The normalized spacial score (nSPS) is 11.3. The lowest BCUT2D eigenvalue weighted by atomic mass is 10.3. The van der Waals surface area contributed by atoms with Gasteiger partial charge in [-0.15, -0.1) is 10.2 Å². The lowest BCUT2D eigenvalue weighted by Crippen LogP contribution is -2.12. The zero-order chi connectivity index (χ0) is 14.0. The molecule has 0 atom stereocenters. The van der Waals surface area contributed by atoms with Crippen LogP contribution in [0.5, 0.6) is 0 Å². The minimum atomic E-state index is -3.32. The van der Waals surface area contributed by atoms with Gasteiger partial charge < -0.3 is 5.32 Å². The average Bonchev–Trinajstić information content (AvgIpc) is 2.75. The van der Waals surface area contributed by atoms with E-state index in [4.69, 9.17) is 11.6 Å². The number of rotatable bonds is 3. The van der Waals surface area contributed by atoms with Gasteiger partial charge >= 0.3 is 0 Å². The largest absolute Gasteiger partial charge is 0.320 e. The maximum atomic E-state index is 11.8. The number of benzene rings is 1. The van der Waals surface area contributed by atoms with E-state index in [1.165, 1.54) is 12.1 Å².